The fourth-order valence-electron chi connectivity index (χ4n) is 3.83. The number of para-hydroxylation sites is 1. The van der Waals surface area contributed by atoms with Crippen molar-refractivity contribution in [1.29, 1.82) is 0 Å². The average molecular weight is 437 g/mol. The van der Waals surface area contributed by atoms with Crippen molar-refractivity contribution in [3.05, 3.63) is 42.4 Å². The lowest BCUT2D eigenvalue weighted by molar-refractivity contribution is -0.147. The quantitative estimate of drug-likeness (QED) is 0.488. The third kappa shape index (κ3) is 3.67. The van der Waals surface area contributed by atoms with Crippen LogP contribution in [0.25, 0.3) is 16.7 Å². The molecule has 31 heavy (non-hydrogen) atoms. The van der Waals surface area contributed by atoms with Gasteiger partial charge >= 0.3 is 0 Å². The van der Waals surface area contributed by atoms with E-state index in [1.165, 1.54) is 11.8 Å². The van der Waals surface area contributed by atoms with Gasteiger partial charge in [0.15, 0.2) is 5.65 Å². The maximum absolute atomic E-state index is 13.0. The second-order valence-corrected chi connectivity index (χ2v) is 9.40. The van der Waals surface area contributed by atoms with Crippen molar-refractivity contribution in [2.24, 2.45) is 0 Å². The molecule has 160 valence electrons. The van der Waals surface area contributed by atoms with Crippen molar-refractivity contribution < 1.29 is 9.59 Å². The Balaban J connectivity index is 1.45. The van der Waals surface area contributed by atoms with Gasteiger partial charge in [0, 0.05) is 19.0 Å². The molecule has 1 aliphatic heterocycles. The van der Waals surface area contributed by atoms with Crippen LogP contribution < -0.4 is 5.32 Å². The van der Waals surface area contributed by atoms with Crippen molar-refractivity contribution in [1.82, 2.24) is 30.0 Å². The number of rotatable bonds is 5. The van der Waals surface area contributed by atoms with Gasteiger partial charge in [0.05, 0.1) is 23.0 Å². The van der Waals surface area contributed by atoms with Crippen LogP contribution in [-0.2, 0) is 9.59 Å². The summed E-state index contributed by atoms with van der Waals surface area (Å²) in [4.78, 5) is 36.4. The van der Waals surface area contributed by atoms with Gasteiger partial charge in [0.1, 0.15) is 16.4 Å². The number of hydrogen-bond acceptors (Lipinski definition) is 6. The number of nitrogens with one attached hydrogen (secondary N) is 1. The molecule has 3 aromatic rings. The van der Waals surface area contributed by atoms with Crippen LogP contribution in [0.5, 0.6) is 0 Å². The Labute approximate surface area is 184 Å². The minimum absolute atomic E-state index is 0.0694. The van der Waals surface area contributed by atoms with Crippen LogP contribution in [0.1, 0.15) is 38.4 Å². The number of nitrogens with zero attached hydrogens (tertiary/aromatic N) is 5. The molecular formula is C22H24N6O2S. The SMILES string of the molecule is CC1(C)C(=O)NCCN1C(=O)CSc1nc(C2CC2)nc2c1cnn2-c1ccccc1. The van der Waals surface area contributed by atoms with Crippen LogP contribution in [0, 0.1) is 0 Å². The second-order valence-electron chi connectivity index (χ2n) is 8.44. The van der Waals surface area contributed by atoms with E-state index in [4.69, 9.17) is 9.97 Å². The molecule has 1 aliphatic carbocycles. The Morgan fingerprint density at radius 3 is 2.74 bits per heavy atom. The van der Waals surface area contributed by atoms with E-state index in [1.54, 1.807) is 24.9 Å². The molecule has 8 nitrogen and oxygen atoms in total. The molecule has 1 saturated carbocycles. The van der Waals surface area contributed by atoms with Gasteiger partial charge in [-0.05, 0) is 38.8 Å². The van der Waals surface area contributed by atoms with E-state index in [0.717, 1.165) is 40.4 Å². The highest BCUT2D eigenvalue weighted by molar-refractivity contribution is 8.00. The van der Waals surface area contributed by atoms with Crippen molar-refractivity contribution in [3.63, 3.8) is 0 Å². The lowest BCUT2D eigenvalue weighted by Crippen LogP contribution is -2.63. The van der Waals surface area contributed by atoms with Crippen molar-refractivity contribution in [3.8, 4) is 5.69 Å². The first-order chi connectivity index (χ1) is 14.9. The third-order valence-corrected chi connectivity index (χ3v) is 6.81. The van der Waals surface area contributed by atoms with Crippen LogP contribution in [0.3, 0.4) is 0 Å². The van der Waals surface area contributed by atoms with Crippen molar-refractivity contribution in [2.75, 3.05) is 18.8 Å². The molecule has 2 fully saturated rings. The summed E-state index contributed by atoms with van der Waals surface area (Å²) in [7, 11) is 0. The van der Waals surface area contributed by atoms with Crippen LogP contribution in [0.4, 0.5) is 0 Å². The van der Waals surface area contributed by atoms with E-state index in [2.05, 4.69) is 10.4 Å². The number of amides is 2. The summed E-state index contributed by atoms with van der Waals surface area (Å²) in [5.41, 5.74) is 0.843. The summed E-state index contributed by atoms with van der Waals surface area (Å²) >= 11 is 1.39. The summed E-state index contributed by atoms with van der Waals surface area (Å²) in [5, 5.41) is 8.98. The second kappa shape index (κ2) is 7.64. The first-order valence-corrected chi connectivity index (χ1v) is 11.5. The molecule has 0 unspecified atom stereocenters. The van der Waals surface area contributed by atoms with Gasteiger partial charge in [-0.15, -0.1) is 0 Å². The Kier molecular flexibility index (Phi) is 4.92. The molecule has 2 amide bonds. The van der Waals surface area contributed by atoms with E-state index in [9.17, 15) is 9.59 Å². The lowest BCUT2D eigenvalue weighted by atomic mass is 9.99. The van der Waals surface area contributed by atoms with Gasteiger partial charge in [-0.1, -0.05) is 30.0 Å². The van der Waals surface area contributed by atoms with Gasteiger partial charge < -0.3 is 10.2 Å². The topological polar surface area (TPSA) is 93.0 Å². The first-order valence-electron chi connectivity index (χ1n) is 10.5. The summed E-state index contributed by atoms with van der Waals surface area (Å²) in [6.07, 6.45) is 3.94. The van der Waals surface area contributed by atoms with Crippen LogP contribution in [-0.4, -0.2) is 60.8 Å². The van der Waals surface area contributed by atoms with E-state index >= 15 is 0 Å². The fourth-order valence-corrected chi connectivity index (χ4v) is 4.71. The zero-order valence-corrected chi connectivity index (χ0v) is 18.4. The van der Waals surface area contributed by atoms with E-state index in [-0.39, 0.29) is 17.6 Å². The summed E-state index contributed by atoms with van der Waals surface area (Å²) in [5.74, 6) is 1.21. The van der Waals surface area contributed by atoms with Gasteiger partial charge in [0.25, 0.3) is 0 Å². The molecule has 1 saturated heterocycles. The number of fused-ring (bicyclic) bond motifs is 1. The largest absolute Gasteiger partial charge is 0.352 e. The number of carbonyl (C=O) groups is 2. The molecule has 2 aromatic heterocycles. The van der Waals surface area contributed by atoms with Gasteiger partial charge in [0.2, 0.25) is 11.8 Å². The predicted octanol–water partition coefficient (Wildman–Crippen LogP) is 2.52. The molecular weight excluding hydrogens is 412 g/mol. The standard InChI is InChI=1S/C22H24N6O2S/c1-22(2)21(30)23-10-11-27(22)17(29)13-31-20-16-12-24-28(15-6-4-3-5-7-15)19(16)25-18(26-20)14-8-9-14/h3-7,12,14H,8-11,13H2,1-2H3,(H,23,30). The highest BCUT2D eigenvalue weighted by Crippen LogP contribution is 2.40. The van der Waals surface area contributed by atoms with Crippen molar-refractivity contribution >= 4 is 34.6 Å². The minimum Gasteiger partial charge on any atom is -0.352 e. The number of benzene rings is 1. The highest BCUT2D eigenvalue weighted by atomic mass is 32.2. The molecule has 0 spiro atoms. The molecule has 1 N–H and O–H groups in total. The molecule has 5 rings (SSSR count). The molecule has 0 atom stereocenters. The highest BCUT2D eigenvalue weighted by Gasteiger charge is 2.40. The predicted molar refractivity (Wildman–Crippen MR) is 118 cm³/mol. The van der Waals surface area contributed by atoms with Gasteiger partial charge in [-0.3, -0.25) is 9.59 Å². The zero-order chi connectivity index (χ0) is 21.6. The monoisotopic (exact) mass is 436 g/mol. The molecule has 0 radical (unpaired) electrons. The summed E-state index contributed by atoms with van der Waals surface area (Å²) < 4.78 is 1.83. The minimum atomic E-state index is -0.853. The van der Waals surface area contributed by atoms with Gasteiger partial charge in [-0.25, -0.2) is 14.6 Å². The fraction of sp³-hybridized carbons (Fsp3) is 0.409. The van der Waals surface area contributed by atoms with Crippen molar-refractivity contribution in [2.45, 2.75) is 43.2 Å². The smallest absolute Gasteiger partial charge is 0.245 e. The number of thioether (sulfide) groups is 1. The number of aromatic nitrogens is 4. The van der Waals surface area contributed by atoms with E-state index in [0.29, 0.717) is 19.0 Å². The number of piperazine rings is 1. The van der Waals surface area contributed by atoms with Crippen LogP contribution in [0.2, 0.25) is 0 Å². The van der Waals surface area contributed by atoms with Gasteiger partial charge in [-0.2, -0.15) is 5.10 Å². The zero-order valence-electron chi connectivity index (χ0n) is 17.5. The normalized spacial score (nSPS) is 18.3. The molecule has 9 heteroatoms. The Bertz CT molecular complexity index is 1160. The summed E-state index contributed by atoms with van der Waals surface area (Å²) in [6, 6.07) is 9.89. The average Bonchev–Trinajstić information content (AvgIpc) is 3.53. The molecule has 3 heterocycles. The Morgan fingerprint density at radius 2 is 2.00 bits per heavy atom. The Hall–Kier alpha value is -2.94. The van der Waals surface area contributed by atoms with Crippen LogP contribution in [0.15, 0.2) is 41.6 Å². The maximum Gasteiger partial charge on any atom is 0.245 e. The third-order valence-electron chi connectivity index (χ3n) is 5.84. The molecule has 2 aliphatic rings. The number of carbonyl (C=O) groups excluding carboxylic acids is 2. The summed E-state index contributed by atoms with van der Waals surface area (Å²) in [6.45, 7) is 4.55. The van der Waals surface area contributed by atoms with Crippen LogP contribution >= 0.6 is 11.8 Å². The first kappa shape index (κ1) is 20.0. The molecule has 0 bridgehead atoms. The maximum atomic E-state index is 13.0. The van der Waals surface area contributed by atoms with E-state index < -0.39 is 5.54 Å². The lowest BCUT2D eigenvalue weighted by Gasteiger charge is -2.41. The van der Waals surface area contributed by atoms with E-state index in [1.807, 2.05) is 35.0 Å². The molecule has 1 aromatic carbocycles. The number of hydrogen-bond donors (Lipinski definition) is 1. The Morgan fingerprint density at radius 1 is 1.23 bits per heavy atom.